The molecule has 2 aromatic heterocycles. The van der Waals surface area contributed by atoms with Crippen molar-refractivity contribution >= 4 is 50.7 Å². The highest BCUT2D eigenvalue weighted by atomic mass is 32.2. The molecule has 0 aliphatic rings. The fourth-order valence-corrected chi connectivity index (χ4v) is 3.84. The molecule has 0 aliphatic heterocycles. The van der Waals surface area contributed by atoms with E-state index in [2.05, 4.69) is 15.3 Å². The number of hydrogen-bond donors (Lipinski definition) is 1. The number of thiophene rings is 1. The first kappa shape index (κ1) is 16.6. The Balaban J connectivity index is 1.72. The molecule has 3 rings (SSSR count). The van der Waals surface area contributed by atoms with Crippen LogP contribution in [-0.4, -0.2) is 26.9 Å². The first-order valence-electron chi connectivity index (χ1n) is 7.31. The van der Waals surface area contributed by atoms with Gasteiger partial charge in [-0.25, -0.2) is 9.97 Å². The number of fused-ring (bicyclic) bond motifs is 1. The average molecular weight is 357 g/mol. The summed E-state index contributed by atoms with van der Waals surface area (Å²) in [6.07, 6.45) is 1.52. The fourth-order valence-electron chi connectivity index (χ4n) is 2.14. The van der Waals surface area contributed by atoms with Gasteiger partial charge >= 0.3 is 0 Å². The molecular formula is C17H15N3O2S2. The maximum Gasteiger partial charge on any atom is 0.237 e. The van der Waals surface area contributed by atoms with Crippen LogP contribution in [0, 0.1) is 0 Å². The van der Waals surface area contributed by atoms with E-state index in [1.807, 2.05) is 18.4 Å². The number of carbonyl (C=O) groups is 2. The van der Waals surface area contributed by atoms with Crippen LogP contribution in [0.1, 0.15) is 24.2 Å². The molecule has 24 heavy (non-hydrogen) atoms. The number of nitrogens with one attached hydrogen (secondary N) is 1. The SMILES string of the molecule is CC(=O)c1cccc(NC(=O)[C@@H](C)Sc2ncnc3sccc23)c1. The summed E-state index contributed by atoms with van der Waals surface area (Å²) in [5.74, 6) is -0.169. The van der Waals surface area contributed by atoms with Crippen molar-refractivity contribution in [1.29, 1.82) is 0 Å². The molecular weight excluding hydrogens is 342 g/mol. The van der Waals surface area contributed by atoms with Gasteiger partial charge < -0.3 is 5.32 Å². The summed E-state index contributed by atoms with van der Waals surface area (Å²) in [7, 11) is 0. The van der Waals surface area contributed by atoms with Gasteiger partial charge in [0.05, 0.1) is 5.25 Å². The lowest BCUT2D eigenvalue weighted by atomic mass is 10.1. The Morgan fingerprint density at radius 3 is 2.88 bits per heavy atom. The number of thioether (sulfide) groups is 1. The number of benzene rings is 1. The normalized spacial score (nSPS) is 12.1. The molecule has 7 heteroatoms. The third-order valence-corrected chi connectivity index (χ3v) is 5.36. The molecule has 122 valence electrons. The number of Topliss-reactive ketones (excluding diaryl/α,β-unsaturated/α-hetero) is 1. The Kier molecular flexibility index (Phi) is 4.92. The van der Waals surface area contributed by atoms with Gasteiger partial charge in [-0.05, 0) is 37.4 Å². The summed E-state index contributed by atoms with van der Waals surface area (Å²) in [5, 5.41) is 6.23. The predicted molar refractivity (Wildman–Crippen MR) is 97.8 cm³/mol. The molecule has 0 spiro atoms. The molecule has 1 atom stereocenters. The van der Waals surface area contributed by atoms with E-state index < -0.39 is 0 Å². The maximum atomic E-state index is 12.4. The van der Waals surface area contributed by atoms with Gasteiger partial charge in [0, 0.05) is 16.6 Å². The largest absolute Gasteiger partial charge is 0.325 e. The number of rotatable bonds is 5. The van der Waals surface area contributed by atoms with Crippen molar-refractivity contribution in [3.8, 4) is 0 Å². The van der Waals surface area contributed by atoms with E-state index in [9.17, 15) is 9.59 Å². The number of nitrogens with zero attached hydrogens (tertiary/aromatic N) is 2. The van der Waals surface area contributed by atoms with Gasteiger partial charge in [0.25, 0.3) is 0 Å². The Morgan fingerprint density at radius 1 is 1.25 bits per heavy atom. The maximum absolute atomic E-state index is 12.4. The van der Waals surface area contributed by atoms with Gasteiger partial charge in [0.2, 0.25) is 5.91 Å². The molecule has 1 N–H and O–H groups in total. The molecule has 0 saturated heterocycles. The summed E-state index contributed by atoms with van der Waals surface area (Å²) in [6.45, 7) is 3.33. The average Bonchev–Trinajstić information content (AvgIpc) is 3.04. The van der Waals surface area contributed by atoms with Crippen LogP contribution in [0.4, 0.5) is 5.69 Å². The van der Waals surface area contributed by atoms with E-state index in [-0.39, 0.29) is 16.9 Å². The third kappa shape index (κ3) is 3.63. The summed E-state index contributed by atoms with van der Waals surface area (Å²) in [6, 6.07) is 8.89. The lowest BCUT2D eigenvalue weighted by molar-refractivity contribution is -0.115. The Morgan fingerprint density at radius 2 is 2.08 bits per heavy atom. The van der Waals surface area contributed by atoms with E-state index in [1.165, 1.54) is 25.0 Å². The summed E-state index contributed by atoms with van der Waals surface area (Å²) in [4.78, 5) is 33.2. The molecule has 3 aromatic rings. The monoisotopic (exact) mass is 357 g/mol. The lowest BCUT2D eigenvalue weighted by Crippen LogP contribution is -2.22. The summed E-state index contributed by atoms with van der Waals surface area (Å²) < 4.78 is 0. The number of carbonyl (C=O) groups excluding carboxylic acids is 2. The highest BCUT2D eigenvalue weighted by Gasteiger charge is 2.17. The number of anilines is 1. The minimum atomic E-state index is -0.330. The number of ketones is 1. The topological polar surface area (TPSA) is 72.0 Å². The summed E-state index contributed by atoms with van der Waals surface area (Å²) >= 11 is 2.94. The zero-order valence-corrected chi connectivity index (χ0v) is 14.8. The van der Waals surface area contributed by atoms with Gasteiger partial charge in [-0.3, -0.25) is 9.59 Å². The molecule has 1 aromatic carbocycles. The quantitative estimate of drug-likeness (QED) is 0.424. The molecule has 5 nitrogen and oxygen atoms in total. The lowest BCUT2D eigenvalue weighted by Gasteiger charge is -2.12. The Bertz CT molecular complexity index is 907. The Labute approximate surface area is 147 Å². The first-order chi connectivity index (χ1) is 11.5. The van der Waals surface area contributed by atoms with Crippen LogP contribution in [0.15, 0.2) is 47.1 Å². The standard InChI is InChI=1S/C17H15N3O2S2/c1-10(21)12-4-3-5-13(8-12)20-15(22)11(2)24-17-14-6-7-23-16(14)18-9-19-17/h3-9,11H,1-2H3,(H,20,22)/t11-/m1/s1. The van der Waals surface area contributed by atoms with Gasteiger partial charge in [-0.2, -0.15) is 0 Å². The van der Waals surface area contributed by atoms with Crippen LogP contribution in [-0.2, 0) is 4.79 Å². The number of aromatic nitrogens is 2. The fraction of sp³-hybridized carbons (Fsp3) is 0.176. The van der Waals surface area contributed by atoms with Crippen LogP contribution in [0.25, 0.3) is 10.2 Å². The molecule has 0 fully saturated rings. The number of amides is 1. The van der Waals surface area contributed by atoms with Gasteiger partial charge in [-0.15, -0.1) is 11.3 Å². The van der Waals surface area contributed by atoms with E-state index in [0.717, 1.165) is 15.2 Å². The van der Waals surface area contributed by atoms with Crippen molar-refractivity contribution in [3.05, 3.63) is 47.6 Å². The van der Waals surface area contributed by atoms with Crippen molar-refractivity contribution in [3.63, 3.8) is 0 Å². The van der Waals surface area contributed by atoms with Crippen LogP contribution in [0.5, 0.6) is 0 Å². The second-order valence-corrected chi connectivity index (χ2v) is 7.43. The zero-order valence-electron chi connectivity index (χ0n) is 13.1. The van der Waals surface area contributed by atoms with Crippen LogP contribution in [0.3, 0.4) is 0 Å². The van der Waals surface area contributed by atoms with Gasteiger partial charge in [0.15, 0.2) is 5.78 Å². The van der Waals surface area contributed by atoms with Crippen molar-refractivity contribution < 1.29 is 9.59 Å². The van der Waals surface area contributed by atoms with E-state index in [1.54, 1.807) is 35.6 Å². The first-order valence-corrected chi connectivity index (χ1v) is 9.07. The van der Waals surface area contributed by atoms with Crippen molar-refractivity contribution in [1.82, 2.24) is 9.97 Å². The van der Waals surface area contributed by atoms with Gasteiger partial charge in [-0.1, -0.05) is 23.9 Å². The second-order valence-electron chi connectivity index (χ2n) is 5.20. The highest BCUT2D eigenvalue weighted by Crippen LogP contribution is 2.30. The van der Waals surface area contributed by atoms with E-state index in [0.29, 0.717) is 11.3 Å². The zero-order chi connectivity index (χ0) is 17.1. The summed E-state index contributed by atoms with van der Waals surface area (Å²) in [5.41, 5.74) is 1.19. The van der Waals surface area contributed by atoms with Crippen LogP contribution < -0.4 is 5.32 Å². The predicted octanol–water partition coefficient (Wildman–Crippen LogP) is 4.01. The Hall–Kier alpha value is -2.25. The van der Waals surface area contributed by atoms with Crippen molar-refractivity contribution in [2.24, 2.45) is 0 Å². The minimum absolute atomic E-state index is 0.0330. The molecule has 0 saturated carbocycles. The smallest absolute Gasteiger partial charge is 0.237 e. The molecule has 0 unspecified atom stereocenters. The molecule has 0 radical (unpaired) electrons. The van der Waals surface area contributed by atoms with Crippen LogP contribution in [0.2, 0.25) is 0 Å². The van der Waals surface area contributed by atoms with Crippen molar-refractivity contribution in [2.75, 3.05) is 5.32 Å². The second kappa shape index (κ2) is 7.11. The number of hydrogen-bond acceptors (Lipinski definition) is 6. The molecule has 0 aliphatic carbocycles. The van der Waals surface area contributed by atoms with Crippen molar-refractivity contribution in [2.45, 2.75) is 24.1 Å². The third-order valence-electron chi connectivity index (χ3n) is 3.42. The van der Waals surface area contributed by atoms with E-state index in [4.69, 9.17) is 0 Å². The highest BCUT2D eigenvalue weighted by molar-refractivity contribution is 8.00. The minimum Gasteiger partial charge on any atom is -0.325 e. The van der Waals surface area contributed by atoms with Crippen LogP contribution >= 0.6 is 23.1 Å². The van der Waals surface area contributed by atoms with Gasteiger partial charge in [0.1, 0.15) is 16.2 Å². The molecule has 2 heterocycles. The molecule has 0 bridgehead atoms. The molecule has 1 amide bonds. The van der Waals surface area contributed by atoms with E-state index >= 15 is 0 Å².